The Hall–Kier alpha value is -2.20. The first-order chi connectivity index (χ1) is 15.5. The van der Waals surface area contributed by atoms with Gasteiger partial charge in [-0.25, -0.2) is 9.37 Å². The van der Waals surface area contributed by atoms with Gasteiger partial charge in [-0.15, -0.1) is 10.2 Å². The second kappa shape index (κ2) is 10.6. The molecular weight excluding hydrogens is 474 g/mol. The summed E-state index contributed by atoms with van der Waals surface area (Å²) in [7, 11) is 0. The molecule has 0 saturated carbocycles. The Balaban J connectivity index is 1.50. The zero-order chi connectivity index (χ0) is 22.5. The van der Waals surface area contributed by atoms with Crippen molar-refractivity contribution >= 4 is 46.7 Å². The van der Waals surface area contributed by atoms with Crippen molar-refractivity contribution in [2.24, 2.45) is 0 Å². The van der Waals surface area contributed by atoms with Gasteiger partial charge in [0.05, 0.1) is 22.3 Å². The largest absolute Gasteiger partial charge is 0.309 e. The summed E-state index contributed by atoms with van der Waals surface area (Å²) in [4.78, 5) is 18.8. The quantitative estimate of drug-likeness (QED) is 0.474. The highest BCUT2D eigenvalue weighted by atomic mass is 35.5. The summed E-state index contributed by atoms with van der Waals surface area (Å²) in [5, 5.41) is 12.5. The molecule has 1 N–H and O–H groups in total. The zero-order valence-corrected chi connectivity index (χ0v) is 19.4. The van der Waals surface area contributed by atoms with Crippen LogP contribution in [0.4, 0.5) is 10.2 Å². The van der Waals surface area contributed by atoms with Gasteiger partial charge in [-0.1, -0.05) is 41.4 Å². The number of thioether (sulfide) groups is 1. The molecule has 11 heteroatoms. The van der Waals surface area contributed by atoms with E-state index < -0.39 is 0 Å². The number of rotatable bonds is 7. The first-order valence-corrected chi connectivity index (χ1v) is 11.9. The number of aromatic nitrogens is 4. The molecule has 1 aliphatic heterocycles. The van der Waals surface area contributed by atoms with Crippen molar-refractivity contribution in [2.75, 3.05) is 24.2 Å². The van der Waals surface area contributed by atoms with Gasteiger partial charge < -0.3 is 5.32 Å². The smallest absolute Gasteiger partial charge is 0.236 e. The predicted molar refractivity (Wildman–Crippen MR) is 124 cm³/mol. The molecule has 1 saturated heterocycles. The second-order valence-electron chi connectivity index (χ2n) is 7.37. The molecule has 0 aliphatic carbocycles. The summed E-state index contributed by atoms with van der Waals surface area (Å²) in [5.41, 5.74) is 0.744. The SMILES string of the molecule is O=C(CSc1nnc(CN2CCCCC2)n1-c1ccc(F)cc1)Nc1ncc(Cl)cc1Cl. The minimum atomic E-state index is -0.319. The highest BCUT2D eigenvalue weighted by molar-refractivity contribution is 7.99. The van der Waals surface area contributed by atoms with Gasteiger partial charge in [0.15, 0.2) is 16.8 Å². The van der Waals surface area contributed by atoms with Crippen LogP contribution in [0.25, 0.3) is 5.69 Å². The van der Waals surface area contributed by atoms with E-state index in [4.69, 9.17) is 23.2 Å². The maximum atomic E-state index is 13.5. The van der Waals surface area contributed by atoms with E-state index in [9.17, 15) is 9.18 Å². The van der Waals surface area contributed by atoms with Crippen LogP contribution in [0.15, 0.2) is 41.7 Å². The van der Waals surface area contributed by atoms with Crippen LogP contribution in [0.1, 0.15) is 25.1 Å². The lowest BCUT2D eigenvalue weighted by atomic mass is 10.1. The van der Waals surface area contributed by atoms with Crippen LogP contribution in [0, 0.1) is 5.82 Å². The number of halogens is 3. The van der Waals surface area contributed by atoms with Crippen LogP contribution < -0.4 is 5.32 Å². The van der Waals surface area contributed by atoms with Gasteiger partial charge in [-0.3, -0.25) is 14.3 Å². The highest BCUT2D eigenvalue weighted by Gasteiger charge is 2.20. The number of likely N-dealkylation sites (tertiary alicyclic amines) is 1. The van der Waals surface area contributed by atoms with Crippen molar-refractivity contribution in [3.05, 3.63) is 58.2 Å². The Kier molecular flexibility index (Phi) is 7.62. The molecule has 0 unspecified atom stereocenters. The predicted octanol–water partition coefficient (Wildman–Crippen LogP) is 4.82. The molecular formula is C21H21Cl2FN6OS. The second-order valence-corrected chi connectivity index (χ2v) is 9.15. The van der Waals surface area contributed by atoms with Crippen molar-refractivity contribution in [1.82, 2.24) is 24.6 Å². The number of nitrogens with one attached hydrogen (secondary N) is 1. The van der Waals surface area contributed by atoms with Crippen LogP contribution in [0.2, 0.25) is 10.0 Å². The average Bonchev–Trinajstić information content (AvgIpc) is 3.18. The number of carbonyl (C=O) groups excluding carboxylic acids is 1. The molecule has 1 fully saturated rings. The van der Waals surface area contributed by atoms with Crippen molar-refractivity contribution in [3.63, 3.8) is 0 Å². The van der Waals surface area contributed by atoms with E-state index in [1.807, 2.05) is 4.57 Å². The normalized spacial score (nSPS) is 14.5. The van der Waals surface area contributed by atoms with E-state index in [0.717, 1.165) is 37.4 Å². The lowest BCUT2D eigenvalue weighted by molar-refractivity contribution is -0.113. The van der Waals surface area contributed by atoms with Crippen LogP contribution in [0.3, 0.4) is 0 Å². The average molecular weight is 495 g/mol. The highest BCUT2D eigenvalue weighted by Crippen LogP contribution is 2.26. The monoisotopic (exact) mass is 494 g/mol. The van der Waals surface area contributed by atoms with E-state index in [1.54, 1.807) is 12.1 Å². The Labute approximate surface area is 199 Å². The summed E-state index contributed by atoms with van der Waals surface area (Å²) < 4.78 is 15.4. The van der Waals surface area contributed by atoms with E-state index in [2.05, 4.69) is 25.4 Å². The third kappa shape index (κ3) is 5.78. The van der Waals surface area contributed by atoms with Gasteiger partial charge in [0.2, 0.25) is 5.91 Å². The summed E-state index contributed by atoms with van der Waals surface area (Å²) in [6, 6.07) is 7.67. The molecule has 1 aromatic carbocycles. The number of anilines is 1. The van der Waals surface area contributed by atoms with Gasteiger partial charge in [0, 0.05) is 11.9 Å². The maximum absolute atomic E-state index is 13.5. The third-order valence-corrected chi connectivity index (χ3v) is 6.42. The standard InChI is InChI=1S/C21H21Cl2FN6OS/c22-14-10-17(23)20(25-11-14)26-19(31)13-32-21-28-27-18(12-29-8-2-1-3-9-29)30(21)16-6-4-15(24)5-7-16/h4-7,10-11H,1-3,8-9,12-13H2,(H,25,26,31). The summed E-state index contributed by atoms with van der Waals surface area (Å²) in [6.07, 6.45) is 4.97. The Morgan fingerprint density at radius 2 is 1.88 bits per heavy atom. The van der Waals surface area contributed by atoms with Gasteiger partial charge in [0.25, 0.3) is 0 Å². The molecule has 3 aromatic rings. The molecule has 4 rings (SSSR count). The number of hydrogen-bond acceptors (Lipinski definition) is 6. The minimum Gasteiger partial charge on any atom is -0.309 e. The van der Waals surface area contributed by atoms with E-state index >= 15 is 0 Å². The lowest BCUT2D eigenvalue weighted by Gasteiger charge is -2.26. The van der Waals surface area contributed by atoms with Gasteiger partial charge in [-0.2, -0.15) is 0 Å². The van der Waals surface area contributed by atoms with Crippen molar-refractivity contribution < 1.29 is 9.18 Å². The molecule has 168 valence electrons. The number of amides is 1. The Bertz CT molecular complexity index is 1090. The minimum absolute atomic E-state index is 0.0731. The van der Waals surface area contributed by atoms with E-state index in [1.165, 1.54) is 42.6 Å². The van der Waals surface area contributed by atoms with Crippen LogP contribution in [-0.2, 0) is 11.3 Å². The van der Waals surface area contributed by atoms with E-state index in [-0.39, 0.29) is 28.3 Å². The fourth-order valence-corrected chi connectivity index (χ4v) is 4.67. The topological polar surface area (TPSA) is 75.9 Å². The van der Waals surface area contributed by atoms with Crippen LogP contribution in [0.5, 0.6) is 0 Å². The third-order valence-electron chi connectivity index (χ3n) is 5.00. The first-order valence-electron chi connectivity index (χ1n) is 10.2. The molecule has 0 radical (unpaired) electrons. The number of pyridine rings is 1. The summed E-state index contributed by atoms with van der Waals surface area (Å²) in [5.74, 6) is 0.457. The molecule has 1 aliphatic rings. The Morgan fingerprint density at radius 3 is 2.59 bits per heavy atom. The van der Waals surface area contributed by atoms with Crippen molar-refractivity contribution in [1.29, 1.82) is 0 Å². The Morgan fingerprint density at radius 1 is 1.12 bits per heavy atom. The van der Waals surface area contributed by atoms with Crippen LogP contribution in [-0.4, -0.2) is 49.4 Å². The van der Waals surface area contributed by atoms with Gasteiger partial charge in [0.1, 0.15) is 5.82 Å². The number of nitrogens with zero attached hydrogens (tertiary/aromatic N) is 5. The molecule has 0 atom stereocenters. The molecule has 2 aromatic heterocycles. The van der Waals surface area contributed by atoms with Crippen molar-refractivity contribution in [2.45, 2.75) is 31.0 Å². The summed E-state index contributed by atoms with van der Waals surface area (Å²) >= 11 is 13.2. The fraction of sp³-hybridized carbons (Fsp3) is 0.333. The summed E-state index contributed by atoms with van der Waals surface area (Å²) in [6.45, 7) is 2.66. The fourth-order valence-electron chi connectivity index (χ4n) is 3.47. The van der Waals surface area contributed by atoms with Crippen LogP contribution >= 0.6 is 35.0 Å². The molecule has 1 amide bonds. The molecule has 32 heavy (non-hydrogen) atoms. The van der Waals surface area contributed by atoms with E-state index in [0.29, 0.717) is 16.7 Å². The number of carbonyl (C=O) groups is 1. The first kappa shape index (κ1) is 23.0. The molecule has 0 bridgehead atoms. The maximum Gasteiger partial charge on any atom is 0.236 e. The molecule has 7 nitrogen and oxygen atoms in total. The molecule has 0 spiro atoms. The van der Waals surface area contributed by atoms with Gasteiger partial charge in [-0.05, 0) is 56.3 Å². The number of hydrogen-bond donors (Lipinski definition) is 1. The van der Waals surface area contributed by atoms with Gasteiger partial charge >= 0.3 is 0 Å². The zero-order valence-electron chi connectivity index (χ0n) is 17.1. The molecule has 3 heterocycles. The lowest BCUT2D eigenvalue weighted by Crippen LogP contribution is -2.30. The number of piperidine rings is 1. The number of benzene rings is 1. The van der Waals surface area contributed by atoms with Crippen molar-refractivity contribution in [3.8, 4) is 5.69 Å².